The second-order valence-electron chi connectivity index (χ2n) is 5.94. The maximum Gasteiger partial charge on any atom is 0.408 e. The molecule has 4 atom stereocenters. The number of alkyl halides is 1. The quantitative estimate of drug-likeness (QED) is 0.774. The molecule has 0 aliphatic heterocycles. The number of carbonyl (C=O) groups excluding carboxylic acids is 2. The van der Waals surface area contributed by atoms with E-state index in [1.54, 1.807) is 0 Å². The molecular weight excluding hydrogens is 317 g/mol. The molecule has 7 heteroatoms. The van der Waals surface area contributed by atoms with Crippen molar-refractivity contribution < 1.29 is 28.6 Å². The average Bonchev–Trinajstić information content (AvgIpc) is 2.90. The summed E-state index contributed by atoms with van der Waals surface area (Å²) in [6.45, 7) is 0.0786. The minimum Gasteiger partial charge on any atom is -0.467 e. The Kier molecular flexibility index (Phi) is 6.54. The van der Waals surface area contributed by atoms with Crippen LogP contribution in [0.15, 0.2) is 30.3 Å². The molecule has 2 N–H and O–H groups in total. The maximum atomic E-state index is 13.4. The van der Waals surface area contributed by atoms with E-state index in [9.17, 15) is 19.1 Å². The highest BCUT2D eigenvalue weighted by Crippen LogP contribution is 2.31. The molecule has 0 heterocycles. The average molecular weight is 339 g/mol. The summed E-state index contributed by atoms with van der Waals surface area (Å²) in [5, 5.41) is 11.9. The number of aliphatic hydroxyl groups excluding tert-OH is 1. The molecule has 1 amide bonds. The third-order valence-corrected chi connectivity index (χ3v) is 4.11. The van der Waals surface area contributed by atoms with Gasteiger partial charge in [0, 0.05) is 0 Å². The van der Waals surface area contributed by atoms with Crippen molar-refractivity contribution in [2.45, 2.75) is 44.2 Å². The van der Waals surface area contributed by atoms with Crippen LogP contribution < -0.4 is 5.32 Å². The third kappa shape index (κ3) is 5.19. The highest BCUT2D eigenvalue weighted by molar-refractivity contribution is 5.81. The smallest absolute Gasteiger partial charge is 0.408 e. The van der Waals surface area contributed by atoms with E-state index < -0.39 is 30.4 Å². The van der Waals surface area contributed by atoms with Gasteiger partial charge >= 0.3 is 12.1 Å². The number of benzene rings is 1. The minimum atomic E-state index is -1.29. The van der Waals surface area contributed by atoms with Crippen molar-refractivity contribution in [2.24, 2.45) is 5.92 Å². The number of alkyl carbamates (subject to hydrolysis) is 1. The molecule has 1 aromatic carbocycles. The number of esters is 1. The monoisotopic (exact) mass is 339 g/mol. The zero-order chi connectivity index (χ0) is 17.5. The second-order valence-corrected chi connectivity index (χ2v) is 5.94. The van der Waals surface area contributed by atoms with Gasteiger partial charge in [-0.05, 0) is 30.7 Å². The summed E-state index contributed by atoms with van der Waals surface area (Å²) in [4.78, 5) is 23.7. The number of halogens is 1. The van der Waals surface area contributed by atoms with Crippen molar-refractivity contribution in [1.29, 1.82) is 0 Å². The fourth-order valence-electron chi connectivity index (χ4n) is 2.85. The first-order valence-electron chi connectivity index (χ1n) is 7.86. The Balaban J connectivity index is 1.86. The lowest BCUT2D eigenvalue weighted by Gasteiger charge is -2.19. The van der Waals surface area contributed by atoms with Gasteiger partial charge in [-0.1, -0.05) is 30.3 Å². The summed E-state index contributed by atoms with van der Waals surface area (Å²) in [5.41, 5.74) is 0.821. The summed E-state index contributed by atoms with van der Waals surface area (Å²) < 4.78 is 23.1. The number of methoxy groups -OCH3 is 1. The lowest BCUT2D eigenvalue weighted by Crippen LogP contribution is -2.42. The molecule has 1 saturated carbocycles. The highest BCUT2D eigenvalue weighted by Gasteiger charge is 2.36. The Hall–Kier alpha value is -2.15. The van der Waals surface area contributed by atoms with Crippen LogP contribution in [0.5, 0.6) is 0 Å². The molecule has 0 saturated heterocycles. The van der Waals surface area contributed by atoms with E-state index in [0.717, 1.165) is 5.56 Å². The Morgan fingerprint density at radius 1 is 1.33 bits per heavy atom. The van der Waals surface area contributed by atoms with Crippen molar-refractivity contribution in [1.82, 2.24) is 5.32 Å². The van der Waals surface area contributed by atoms with Crippen molar-refractivity contribution in [3.8, 4) is 0 Å². The third-order valence-electron chi connectivity index (χ3n) is 4.11. The molecule has 0 spiro atoms. The predicted octanol–water partition coefficient (Wildman–Crippen LogP) is 1.95. The Labute approximate surface area is 139 Å². The van der Waals surface area contributed by atoms with Crippen LogP contribution in [-0.4, -0.2) is 42.6 Å². The Bertz CT molecular complexity index is 543. The molecule has 1 fully saturated rings. The number of rotatable bonds is 6. The second kappa shape index (κ2) is 8.63. The SMILES string of the molecule is COC(=O)[C@@H](C[C@@H]1C[C@@H](O)[C@H](F)C1)NC(=O)OCc1ccccc1. The van der Waals surface area contributed by atoms with Gasteiger partial charge < -0.3 is 19.9 Å². The lowest BCUT2D eigenvalue weighted by molar-refractivity contribution is -0.143. The molecule has 2 rings (SSSR count). The largest absolute Gasteiger partial charge is 0.467 e. The highest BCUT2D eigenvalue weighted by atomic mass is 19.1. The summed E-state index contributed by atoms with van der Waals surface area (Å²) in [6.07, 6.45) is -2.43. The minimum absolute atomic E-state index is 0.0786. The standard InChI is InChI=1S/C17H22FNO5/c1-23-16(21)14(8-12-7-13(18)15(20)9-12)19-17(22)24-10-11-5-3-2-4-6-11/h2-6,12-15,20H,7-10H2,1H3,(H,19,22)/t12-,13-,14-,15-/m1/s1. The van der Waals surface area contributed by atoms with Gasteiger partial charge in [0.25, 0.3) is 0 Å². The first kappa shape index (κ1) is 18.2. The van der Waals surface area contributed by atoms with Gasteiger partial charge in [-0.15, -0.1) is 0 Å². The van der Waals surface area contributed by atoms with Crippen molar-refractivity contribution >= 4 is 12.1 Å². The molecule has 6 nitrogen and oxygen atoms in total. The molecular formula is C17H22FNO5. The lowest BCUT2D eigenvalue weighted by atomic mass is 9.98. The summed E-state index contributed by atoms with van der Waals surface area (Å²) >= 11 is 0. The molecule has 1 aliphatic carbocycles. The van der Waals surface area contributed by atoms with Crippen LogP contribution in [0.4, 0.5) is 9.18 Å². The van der Waals surface area contributed by atoms with E-state index in [-0.39, 0.29) is 31.8 Å². The molecule has 0 aromatic heterocycles. The fraction of sp³-hybridized carbons (Fsp3) is 0.529. The van der Waals surface area contributed by atoms with E-state index >= 15 is 0 Å². The molecule has 132 valence electrons. The molecule has 24 heavy (non-hydrogen) atoms. The van der Waals surface area contributed by atoms with Crippen LogP contribution in [0.1, 0.15) is 24.8 Å². The number of hydrogen-bond donors (Lipinski definition) is 2. The van der Waals surface area contributed by atoms with Crippen LogP contribution in [0, 0.1) is 5.92 Å². The van der Waals surface area contributed by atoms with E-state index in [1.807, 2.05) is 30.3 Å². The first-order valence-corrected chi connectivity index (χ1v) is 7.86. The zero-order valence-corrected chi connectivity index (χ0v) is 13.5. The molecule has 0 unspecified atom stereocenters. The normalized spacial score (nSPS) is 24.2. The van der Waals surface area contributed by atoms with E-state index in [0.29, 0.717) is 0 Å². The van der Waals surface area contributed by atoms with Gasteiger partial charge in [0.1, 0.15) is 18.8 Å². The van der Waals surface area contributed by atoms with Gasteiger partial charge in [0.2, 0.25) is 0 Å². The number of amides is 1. The summed E-state index contributed by atoms with van der Waals surface area (Å²) in [7, 11) is 1.22. The van der Waals surface area contributed by atoms with Crippen LogP contribution in [0.2, 0.25) is 0 Å². The van der Waals surface area contributed by atoms with Crippen LogP contribution in [0.3, 0.4) is 0 Å². The Morgan fingerprint density at radius 3 is 2.62 bits per heavy atom. The number of nitrogens with one attached hydrogen (secondary N) is 1. The zero-order valence-electron chi connectivity index (χ0n) is 13.5. The number of carbonyl (C=O) groups is 2. The van der Waals surface area contributed by atoms with Gasteiger partial charge in [-0.3, -0.25) is 0 Å². The molecule has 0 bridgehead atoms. The molecule has 1 aromatic rings. The van der Waals surface area contributed by atoms with Gasteiger partial charge in [0.15, 0.2) is 0 Å². The summed E-state index contributed by atoms with van der Waals surface area (Å²) in [6, 6.07) is 8.20. The van der Waals surface area contributed by atoms with Crippen LogP contribution in [-0.2, 0) is 20.9 Å². The summed E-state index contributed by atoms with van der Waals surface area (Å²) in [5.74, 6) is -0.822. The van der Waals surface area contributed by atoms with E-state index in [2.05, 4.69) is 10.1 Å². The molecule has 0 radical (unpaired) electrons. The number of hydrogen-bond acceptors (Lipinski definition) is 5. The van der Waals surface area contributed by atoms with E-state index in [1.165, 1.54) is 7.11 Å². The van der Waals surface area contributed by atoms with E-state index in [4.69, 9.17) is 4.74 Å². The fourth-order valence-corrected chi connectivity index (χ4v) is 2.85. The topological polar surface area (TPSA) is 84.9 Å². The number of aliphatic hydroxyl groups is 1. The van der Waals surface area contributed by atoms with Crippen molar-refractivity contribution in [2.75, 3.05) is 7.11 Å². The van der Waals surface area contributed by atoms with Crippen LogP contribution >= 0.6 is 0 Å². The molecule has 1 aliphatic rings. The van der Waals surface area contributed by atoms with Gasteiger partial charge in [0.05, 0.1) is 13.2 Å². The first-order chi connectivity index (χ1) is 11.5. The van der Waals surface area contributed by atoms with Crippen molar-refractivity contribution in [3.63, 3.8) is 0 Å². The van der Waals surface area contributed by atoms with Crippen LogP contribution in [0.25, 0.3) is 0 Å². The predicted molar refractivity (Wildman–Crippen MR) is 83.8 cm³/mol. The van der Waals surface area contributed by atoms with Gasteiger partial charge in [-0.2, -0.15) is 0 Å². The van der Waals surface area contributed by atoms with Gasteiger partial charge in [-0.25, -0.2) is 14.0 Å². The Morgan fingerprint density at radius 2 is 2.04 bits per heavy atom. The maximum absolute atomic E-state index is 13.4. The van der Waals surface area contributed by atoms with Crippen molar-refractivity contribution in [3.05, 3.63) is 35.9 Å². The number of ether oxygens (including phenoxy) is 2.